The van der Waals surface area contributed by atoms with Gasteiger partial charge in [-0.2, -0.15) is 0 Å². The molecule has 0 radical (unpaired) electrons. The molecule has 0 spiro atoms. The summed E-state index contributed by atoms with van der Waals surface area (Å²) in [6, 6.07) is 10.1. The summed E-state index contributed by atoms with van der Waals surface area (Å²) >= 11 is 6.93. The third-order valence-electron chi connectivity index (χ3n) is 2.70. The molecule has 108 valence electrons. The van der Waals surface area contributed by atoms with Gasteiger partial charge >= 0.3 is 0 Å². The van der Waals surface area contributed by atoms with Crippen molar-refractivity contribution in [3.63, 3.8) is 0 Å². The first-order valence-electron chi connectivity index (χ1n) is 6.14. The molecule has 0 aliphatic heterocycles. The summed E-state index contributed by atoms with van der Waals surface area (Å²) in [5, 5.41) is 3.22. The van der Waals surface area contributed by atoms with E-state index < -0.39 is 0 Å². The minimum absolute atomic E-state index is 0.213. The van der Waals surface area contributed by atoms with Crippen LogP contribution in [0.25, 0.3) is 0 Å². The van der Waals surface area contributed by atoms with E-state index in [2.05, 4.69) is 43.1 Å². The van der Waals surface area contributed by atoms with E-state index in [9.17, 15) is 4.39 Å². The topological polar surface area (TPSA) is 21.3 Å². The highest BCUT2D eigenvalue weighted by molar-refractivity contribution is 9.11. The van der Waals surface area contributed by atoms with Gasteiger partial charge in [0.25, 0.3) is 0 Å². The molecule has 0 saturated heterocycles. The van der Waals surface area contributed by atoms with Gasteiger partial charge in [0.2, 0.25) is 0 Å². The van der Waals surface area contributed by atoms with Gasteiger partial charge in [0, 0.05) is 12.2 Å². The molecule has 0 amide bonds. The van der Waals surface area contributed by atoms with Crippen molar-refractivity contribution in [2.75, 3.05) is 11.9 Å². The van der Waals surface area contributed by atoms with Crippen LogP contribution in [0.5, 0.6) is 5.75 Å². The van der Waals surface area contributed by atoms with Crippen LogP contribution in [0.2, 0.25) is 0 Å². The Balaban J connectivity index is 2.07. The standard InChI is InChI=1S/C16H12Br2FNO/c1-2-7-21-16-14(17)8-11(9-15(16)18)10-20-13-5-3-12(19)4-6-13/h1,3-6,8-9,20H,7,10H2. The van der Waals surface area contributed by atoms with Crippen LogP contribution < -0.4 is 10.1 Å². The largest absolute Gasteiger partial charge is 0.479 e. The number of nitrogens with one attached hydrogen (secondary N) is 1. The number of terminal acetylenes is 1. The average molecular weight is 413 g/mol. The predicted molar refractivity (Wildman–Crippen MR) is 89.9 cm³/mol. The van der Waals surface area contributed by atoms with Crippen LogP contribution in [0.15, 0.2) is 45.3 Å². The SMILES string of the molecule is C#CCOc1c(Br)cc(CNc2ccc(F)cc2)cc1Br. The summed E-state index contributed by atoms with van der Waals surface area (Å²) in [5.41, 5.74) is 1.91. The molecule has 2 aromatic carbocycles. The van der Waals surface area contributed by atoms with Gasteiger partial charge in [0.05, 0.1) is 8.95 Å². The quantitative estimate of drug-likeness (QED) is 0.699. The third kappa shape index (κ3) is 4.48. The molecule has 0 aliphatic carbocycles. The molecule has 0 atom stereocenters. The normalized spacial score (nSPS) is 10.0. The first-order valence-corrected chi connectivity index (χ1v) is 7.72. The summed E-state index contributed by atoms with van der Waals surface area (Å²) in [5.74, 6) is 2.86. The van der Waals surface area contributed by atoms with E-state index in [1.165, 1.54) is 12.1 Å². The van der Waals surface area contributed by atoms with E-state index in [0.717, 1.165) is 20.2 Å². The van der Waals surface area contributed by atoms with Gasteiger partial charge in [0.15, 0.2) is 0 Å². The molecule has 0 unspecified atom stereocenters. The summed E-state index contributed by atoms with van der Waals surface area (Å²) in [4.78, 5) is 0. The number of ether oxygens (including phenoxy) is 1. The van der Waals surface area contributed by atoms with Crippen molar-refractivity contribution >= 4 is 37.5 Å². The molecule has 2 nitrogen and oxygen atoms in total. The van der Waals surface area contributed by atoms with E-state index >= 15 is 0 Å². The Labute approximate surface area is 140 Å². The second-order valence-corrected chi connectivity index (χ2v) is 5.95. The van der Waals surface area contributed by atoms with E-state index in [0.29, 0.717) is 12.3 Å². The van der Waals surface area contributed by atoms with Gasteiger partial charge in [-0.05, 0) is 73.8 Å². The maximum absolute atomic E-state index is 12.8. The number of benzene rings is 2. The fourth-order valence-corrected chi connectivity index (χ4v) is 3.25. The molecule has 0 heterocycles. The van der Waals surface area contributed by atoms with Crippen LogP contribution >= 0.6 is 31.9 Å². The summed E-state index contributed by atoms with van der Waals surface area (Å²) in [6.45, 7) is 0.822. The monoisotopic (exact) mass is 411 g/mol. The van der Waals surface area contributed by atoms with Crippen molar-refractivity contribution in [1.82, 2.24) is 0 Å². The Kier molecular flexibility index (Phi) is 5.66. The Morgan fingerprint density at radius 3 is 2.33 bits per heavy atom. The molecular formula is C16H12Br2FNO. The van der Waals surface area contributed by atoms with Gasteiger partial charge in [-0.25, -0.2) is 4.39 Å². The highest BCUT2D eigenvalue weighted by Crippen LogP contribution is 2.35. The lowest BCUT2D eigenvalue weighted by Crippen LogP contribution is -2.01. The fourth-order valence-electron chi connectivity index (χ4n) is 1.74. The molecule has 2 rings (SSSR count). The number of anilines is 1. The molecule has 0 aromatic heterocycles. The smallest absolute Gasteiger partial charge is 0.149 e. The molecule has 1 N–H and O–H groups in total. The van der Waals surface area contributed by atoms with Gasteiger partial charge in [-0.1, -0.05) is 5.92 Å². The number of hydrogen-bond donors (Lipinski definition) is 1. The first-order chi connectivity index (χ1) is 10.1. The lowest BCUT2D eigenvalue weighted by Gasteiger charge is -2.12. The highest BCUT2D eigenvalue weighted by atomic mass is 79.9. The van der Waals surface area contributed by atoms with Crippen LogP contribution in [0, 0.1) is 18.2 Å². The van der Waals surface area contributed by atoms with Crippen LogP contribution in [0.3, 0.4) is 0 Å². The number of rotatable bonds is 5. The summed E-state index contributed by atoms with van der Waals surface area (Å²) in [7, 11) is 0. The Morgan fingerprint density at radius 2 is 1.76 bits per heavy atom. The molecule has 0 fully saturated rings. The molecule has 21 heavy (non-hydrogen) atoms. The van der Waals surface area contributed by atoms with Crippen molar-refractivity contribution in [1.29, 1.82) is 0 Å². The zero-order valence-corrected chi connectivity index (χ0v) is 14.2. The van der Waals surface area contributed by atoms with Crippen LogP contribution in [0.1, 0.15) is 5.56 Å². The minimum Gasteiger partial charge on any atom is -0.479 e. The second kappa shape index (κ2) is 7.48. The van der Waals surface area contributed by atoms with Crippen LogP contribution in [-0.2, 0) is 6.54 Å². The minimum atomic E-state index is -0.249. The highest BCUT2D eigenvalue weighted by Gasteiger charge is 2.08. The zero-order chi connectivity index (χ0) is 15.2. The molecule has 0 aliphatic rings. The molecule has 0 bridgehead atoms. The maximum Gasteiger partial charge on any atom is 0.149 e. The van der Waals surface area contributed by atoms with Gasteiger partial charge in [-0.15, -0.1) is 6.42 Å². The van der Waals surface area contributed by atoms with E-state index in [1.807, 2.05) is 12.1 Å². The van der Waals surface area contributed by atoms with Crippen molar-refractivity contribution in [2.45, 2.75) is 6.54 Å². The van der Waals surface area contributed by atoms with Gasteiger partial charge in [0.1, 0.15) is 18.2 Å². The predicted octanol–water partition coefficient (Wildman–Crippen LogP) is 4.97. The number of halogens is 3. The summed E-state index contributed by atoms with van der Waals surface area (Å²) in [6.07, 6.45) is 5.19. The summed E-state index contributed by atoms with van der Waals surface area (Å²) < 4.78 is 19.9. The lowest BCUT2D eigenvalue weighted by atomic mass is 10.2. The fraction of sp³-hybridized carbons (Fsp3) is 0.125. The van der Waals surface area contributed by atoms with Crippen LogP contribution in [-0.4, -0.2) is 6.61 Å². The van der Waals surface area contributed by atoms with Gasteiger partial charge in [-0.3, -0.25) is 0 Å². The molecule has 2 aromatic rings. The van der Waals surface area contributed by atoms with E-state index in [-0.39, 0.29) is 12.4 Å². The van der Waals surface area contributed by atoms with Crippen molar-refractivity contribution in [3.8, 4) is 18.1 Å². The number of hydrogen-bond acceptors (Lipinski definition) is 2. The Bertz CT molecular complexity index is 642. The zero-order valence-electron chi connectivity index (χ0n) is 11.0. The Morgan fingerprint density at radius 1 is 1.14 bits per heavy atom. The average Bonchev–Trinajstić information content (AvgIpc) is 2.46. The molecule has 0 saturated carbocycles. The van der Waals surface area contributed by atoms with Crippen molar-refractivity contribution in [2.24, 2.45) is 0 Å². The Hall–Kier alpha value is -1.51. The second-order valence-electron chi connectivity index (χ2n) is 4.24. The van der Waals surface area contributed by atoms with Gasteiger partial charge < -0.3 is 10.1 Å². The first kappa shape index (κ1) is 15.9. The third-order valence-corrected chi connectivity index (χ3v) is 3.88. The molecule has 5 heteroatoms. The van der Waals surface area contributed by atoms with Crippen LogP contribution in [0.4, 0.5) is 10.1 Å². The van der Waals surface area contributed by atoms with Crippen molar-refractivity contribution in [3.05, 3.63) is 56.7 Å². The van der Waals surface area contributed by atoms with E-state index in [4.69, 9.17) is 11.2 Å². The lowest BCUT2D eigenvalue weighted by molar-refractivity contribution is 0.365. The maximum atomic E-state index is 12.8. The molecular weight excluding hydrogens is 401 g/mol. The van der Waals surface area contributed by atoms with Crippen molar-refractivity contribution < 1.29 is 9.13 Å². The van der Waals surface area contributed by atoms with E-state index in [1.54, 1.807) is 12.1 Å².